The Balaban J connectivity index is 1.27. The summed E-state index contributed by atoms with van der Waals surface area (Å²) in [5, 5.41) is 5.94. The Hall–Kier alpha value is -4.26. The number of aryl methyl sites for hydroxylation is 3. The molecule has 0 saturated carbocycles. The van der Waals surface area contributed by atoms with Gasteiger partial charge in [0.05, 0.1) is 17.1 Å². The quantitative estimate of drug-likeness (QED) is 0.359. The van der Waals surface area contributed by atoms with Crippen molar-refractivity contribution in [3.63, 3.8) is 0 Å². The summed E-state index contributed by atoms with van der Waals surface area (Å²) >= 11 is 0. The van der Waals surface area contributed by atoms with Crippen LogP contribution in [0.3, 0.4) is 0 Å². The van der Waals surface area contributed by atoms with E-state index in [0.29, 0.717) is 0 Å². The lowest BCUT2D eigenvalue weighted by Crippen LogP contribution is -2.47. The minimum atomic E-state index is 0.793. The van der Waals surface area contributed by atoms with E-state index in [1.165, 1.54) is 5.56 Å². The second-order valence-corrected chi connectivity index (χ2v) is 9.33. The van der Waals surface area contributed by atoms with E-state index in [4.69, 9.17) is 15.1 Å². The van der Waals surface area contributed by atoms with Crippen molar-refractivity contribution in [1.82, 2.24) is 24.7 Å². The van der Waals surface area contributed by atoms with Crippen molar-refractivity contribution in [3.8, 4) is 16.9 Å². The molecule has 180 valence electrons. The number of hydrogen-bond donors (Lipinski definition) is 0. The van der Waals surface area contributed by atoms with Crippen LogP contribution in [0.15, 0.2) is 72.8 Å². The second-order valence-electron chi connectivity index (χ2n) is 9.33. The summed E-state index contributed by atoms with van der Waals surface area (Å²) in [7, 11) is 0. The van der Waals surface area contributed by atoms with Gasteiger partial charge in [0, 0.05) is 43.2 Å². The molecule has 7 nitrogen and oxygen atoms in total. The summed E-state index contributed by atoms with van der Waals surface area (Å²) in [6.45, 7) is 9.68. The van der Waals surface area contributed by atoms with Crippen LogP contribution in [-0.4, -0.2) is 50.9 Å². The SMILES string of the molecule is Cc1nc(-c2ccccc2)cc(N2CCN(c3cc(C)c4c(C)nn(-c5ccccc5)c4n3)CC2)n1. The fourth-order valence-electron chi connectivity index (χ4n) is 5.03. The number of aromatic nitrogens is 5. The molecule has 0 aliphatic carbocycles. The Kier molecular flexibility index (Phi) is 5.60. The Labute approximate surface area is 211 Å². The lowest BCUT2D eigenvalue weighted by Gasteiger charge is -2.36. The van der Waals surface area contributed by atoms with Gasteiger partial charge in [-0.25, -0.2) is 19.6 Å². The summed E-state index contributed by atoms with van der Waals surface area (Å²) < 4.78 is 1.96. The number of rotatable bonds is 4. The number of nitrogens with zero attached hydrogens (tertiary/aromatic N) is 7. The van der Waals surface area contributed by atoms with E-state index in [9.17, 15) is 0 Å². The van der Waals surface area contributed by atoms with Crippen molar-refractivity contribution in [3.05, 3.63) is 89.9 Å². The Morgan fingerprint density at radius 2 is 1.28 bits per heavy atom. The van der Waals surface area contributed by atoms with E-state index in [1.807, 2.05) is 48.0 Å². The molecule has 1 aliphatic rings. The van der Waals surface area contributed by atoms with Gasteiger partial charge in [-0.3, -0.25) is 0 Å². The first kappa shape index (κ1) is 22.2. The molecule has 3 aromatic heterocycles. The van der Waals surface area contributed by atoms with E-state index in [2.05, 4.69) is 65.0 Å². The van der Waals surface area contributed by atoms with Crippen LogP contribution in [0.5, 0.6) is 0 Å². The summed E-state index contributed by atoms with van der Waals surface area (Å²) in [4.78, 5) is 19.2. The normalized spacial score (nSPS) is 14.0. The standard InChI is InChI=1S/C29H29N7/c1-20-18-26(32-29-28(20)21(2)33-36(29)24-12-8-5-9-13-24)34-14-16-35(17-15-34)27-19-25(30-22(3)31-27)23-10-6-4-7-11-23/h4-13,18-19H,14-17H2,1-3H3. The van der Waals surface area contributed by atoms with Crippen LogP contribution >= 0.6 is 0 Å². The van der Waals surface area contributed by atoms with Crippen LogP contribution < -0.4 is 9.80 Å². The zero-order valence-electron chi connectivity index (χ0n) is 20.9. The fraction of sp³-hybridized carbons (Fsp3) is 0.241. The smallest absolute Gasteiger partial charge is 0.165 e. The maximum absolute atomic E-state index is 5.10. The third kappa shape index (κ3) is 4.06. The van der Waals surface area contributed by atoms with Crippen molar-refractivity contribution in [2.24, 2.45) is 0 Å². The molecule has 5 aromatic rings. The number of pyridine rings is 1. The molecular weight excluding hydrogens is 446 g/mol. The lowest BCUT2D eigenvalue weighted by atomic mass is 10.1. The number of hydrogen-bond acceptors (Lipinski definition) is 6. The highest BCUT2D eigenvalue weighted by molar-refractivity contribution is 5.85. The predicted molar refractivity (Wildman–Crippen MR) is 145 cm³/mol. The third-order valence-electron chi connectivity index (χ3n) is 6.82. The largest absolute Gasteiger partial charge is 0.353 e. The van der Waals surface area contributed by atoms with Gasteiger partial charge in [0.15, 0.2) is 5.65 Å². The number of anilines is 2. The minimum absolute atomic E-state index is 0.793. The number of benzene rings is 2. The summed E-state index contributed by atoms with van der Waals surface area (Å²) in [5.41, 5.74) is 6.22. The van der Waals surface area contributed by atoms with Gasteiger partial charge >= 0.3 is 0 Å². The molecule has 0 atom stereocenters. The first-order chi connectivity index (χ1) is 17.6. The summed E-state index contributed by atoms with van der Waals surface area (Å²) in [6, 6.07) is 24.8. The minimum Gasteiger partial charge on any atom is -0.353 e. The molecule has 7 heteroatoms. The first-order valence-corrected chi connectivity index (χ1v) is 12.4. The zero-order chi connectivity index (χ0) is 24.6. The zero-order valence-corrected chi connectivity index (χ0v) is 20.9. The van der Waals surface area contributed by atoms with Gasteiger partial charge in [-0.05, 0) is 44.5 Å². The molecule has 6 rings (SSSR count). The molecule has 0 unspecified atom stereocenters. The molecule has 0 bridgehead atoms. The molecule has 36 heavy (non-hydrogen) atoms. The maximum Gasteiger partial charge on any atom is 0.165 e. The Morgan fingerprint density at radius 1 is 0.667 bits per heavy atom. The highest BCUT2D eigenvalue weighted by Crippen LogP contribution is 2.29. The molecule has 0 radical (unpaired) electrons. The van der Waals surface area contributed by atoms with E-state index in [1.54, 1.807) is 0 Å². The van der Waals surface area contributed by atoms with Gasteiger partial charge in [0.2, 0.25) is 0 Å². The van der Waals surface area contributed by atoms with Crippen LogP contribution in [0.4, 0.5) is 11.6 Å². The molecule has 0 spiro atoms. The molecular formula is C29H29N7. The summed E-state index contributed by atoms with van der Waals surface area (Å²) in [5.74, 6) is 2.78. The Morgan fingerprint density at radius 3 is 1.94 bits per heavy atom. The lowest BCUT2D eigenvalue weighted by molar-refractivity contribution is 0.640. The highest BCUT2D eigenvalue weighted by atomic mass is 15.3. The predicted octanol–water partition coefficient (Wildman–Crippen LogP) is 5.13. The van der Waals surface area contributed by atoms with Crippen molar-refractivity contribution < 1.29 is 0 Å². The van der Waals surface area contributed by atoms with E-state index in [-0.39, 0.29) is 0 Å². The van der Waals surface area contributed by atoms with E-state index < -0.39 is 0 Å². The molecule has 1 saturated heterocycles. The highest BCUT2D eigenvalue weighted by Gasteiger charge is 2.22. The van der Waals surface area contributed by atoms with Crippen LogP contribution in [-0.2, 0) is 0 Å². The van der Waals surface area contributed by atoms with Gasteiger partial charge in [-0.1, -0.05) is 48.5 Å². The van der Waals surface area contributed by atoms with Crippen LogP contribution in [0.1, 0.15) is 17.1 Å². The van der Waals surface area contributed by atoms with Crippen LogP contribution in [0.25, 0.3) is 28.0 Å². The van der Waals surface area contributed by atoms with Crippen molar-refractivity contribution in [2.75, 3.05) is 36.0 Å². The maximum atomic E-state index is 5.10. The van der Waals surface area contributed by atoms with Gasteiger partial charge in [0.1, 0.15) is 17.5 Å². The van der Waals surface area contributed by atoms with Gasteiger partial charge < -0.3 is 9.80 Å². The average molecular weight is 476 g/mol. The average Bonchev–Trinajstić information content (AvgIpc) is 3.26. The topological polar surface area (TPSA) is 63.0 Å². The van der Waals surface area contributed by atoms with Crippen LogP contribution in [0, 0.1) is 20.8 Å². The van der Waals surface area contributed by atoms with Crippen molar-refractivity contribution >= 4 is 22.7 Å². The fourth-order valence-corrected chi connectivity index (χ4v) is 5.03. The Bertz CT molecular complexity index is 1520. The summed E-state index contributed by atoms with van der Waals surface area (Å²) in [6.07, 6.45) is 0. The molecule has 0 N–H and O–H groups in total. The van der Waals surface area contributed by atoms with Gasteiger partial charge in [-0.15, -0.1) is 0 Å². The van der Waals surface area contributed by atoms with Gasteiger partial charge in [-0.2, -0.15) is 5.10 Å². The van der Waals surface area contributed by atoms with Gasteiger partial charge in [0.25, 0.3) is 0 Å². The van der Waals surface area contributed by atoms with E-state index in [0.717, 1.165) is 77.3 Å². The number of para-hydroxylation sites is 1. The van der Waals surface area contributed by atoms with Crippen molar-refractivity contribution in [1.29, 1.82) is 0 Å². The second kappa shape index (κ2) is 9.07. The molecule has 2 aromatic carbocycles. The van der Waals surface area contributed by atoms with Crippen LogP contribution in [0.2, 0.25) is 0 Å². The first-order valence-electron chi connectivity index (χ1n) is 12.4. The number of fused-ring (bicyclic) bond motifs is 1. The van der Waals surface area contributed by atoms with E-state index >= 15 is 0 Å². The molecule has 1 fully saturated rings. The molecule has 4 heterocycles. The third-order valence-corrected chi connectivity index (χ3v) is 6.82. The monoisotopic (exact) mass is 475 g/mol. The number of piperazine rings is 1. The molecule has 1 aliphatic heterocycles. The molecule has 0 amide bonds. The van der Waals surface area contributed by atoms with Crippen molar-refractivity contribution in [2.45, 2.75) is 20.8 Å².